The number of benzene rings is 1. The van der Waals surface area contributed by atoms with E-state index in [9.17, 15) is 9.59 Å². The van der Waals surface area contributed by atoms with E-state index in [0.717, 1.165) is 17.7 Å². The van der Waals surface area contributed by atoms with Gasteiger partial charge in [-0.05, 0) is 24.0 Å². The Bertz CT molecular complexity index is 632. The predicted molar refractivity (Wildman–Crippen MR) is 87.7 cm³/mol. The van der Waals surface area contributed by atoms with Crippen LogP contribution in [0.25, 0.3) is 0 Å². The molecule has 0 aromatic heterocycles. The molecule has 1 aromatic rings. The summed E-state index contributed by atoms with van der Waals surface area (Å²) < 4.78 is 0. The van der Waals surface area contributed by atoms with Crippen molar-refractivity contribution in [1.82, 2.24) is 5.32 Å². The Labute approximate surface area is 135 Å². The number of nitrogens with zero attached hydrogens (tertiary/aromatic N) is 1. The monoisotopic (exact) mass is 315 g/mol. The van der Waals surface area contributed by atoms with Gasteiger partial charge in [-0.3, -0.25) is 9.59 Å². The van der Waals surface area contributed by atoms with E-state index in [2.05, 4.69) is 24.5 Å². The van der Waals surface area contributed by atoms with E-state index in [1.165, 1.54) is 6.20 Å². The second kappa shape index (κ2) is 9.26. The number of carboxylic acid groups (broad SMARTS) is 1. The summed E-state index contributed by atoms with van der Waals surface area (Å²) in [6.07, 6.45) is 2.13. The number of hydrogen-bond acceptors (Lipinski definition) is 4. The molecular formula is C17H21N3O3. The van der Waals surface area contributed by atoms with Crippen molar-refractivity contribution in [3.8, 4) is 6.07 Å². The first kappa shape index (κ1) is 18.2. The molecule has 6 heteroatoms. The lowest BCUT2D eigenvalue weighted by atomic mass is 9.97. The number of carbonyl (C=O) groups is 2. The van der Waals surface area contributed by atoms with Crippen LogP contribution in [0.2, 0.25) is 0 Å². The minimum atomic E-state index is -1.01. The number of para-hydroxylation sites is 1. The number of amides is 1. The first-order valence-electron chi connectivity index (χ1n) is 7.45. The third-order valence-corrected chi connectivity index (χ3v) is 3.47. The predicted octanol–water partition coefficient (Wildman–Crippen LogP) is 2.61. The number of hydrogen-bond donors (Lipinski definition) is 3. The van der Waals surface area contributed by atoms with Crippen molar-refractivity contribution >= 4 is 17.6 Å². The summed E-state index contributed by atoms with van der Waals surface area (Å²) >= 11 is 0. The zero-order chi connectivity index (χ0) is 17.2. The van der Waals surface area contributed by atoms with Gasteiger partial charge in [0, 0.05) is 18.4 Å². The molecule has 0 aliphatic rings. The lowest BCUT2D eigenvalue weighted by molar-refractivity contribution is -0.136. The Hall–Kier alpha value is -2.81. The minimum Gasteiger partial charge on any atom is -0.481 e. The quantitative estimate of drug-likeness (QED) is 0.505. The maximum atomic E-state index is 11.8. The van der Waals surface area contributed by atoms with Gasteiger partial charge in [0.2, 0.25) is 0 Å². The molecule has 1 rings (SSSR count). The average molecular weight is 315 g/mol. The van der Waals surface area contributed by atoms with Crippen LogP contribution in [0.4, 0.5) is 5.69 Å². The zero-order valence-corrected chi connectivity index (χ0v) is 13.3. The van der Waals surface area contributed by atoms with Gasteiger partial charge in [0.05, 0.1) is 6.42 Å². The van der Waals surface area contributed by atoms with Crippen molar-refractivity contribution in [3.63, 3.8) is 0 Å². The molecule has 0 bridgehead atoms. The number of anilines is 1. The minimum absolute atomic E-state index is 0.0172. The second-order valence-electron chi connectivity index (χ2n) is 5.11. The largest absolute Gasteiger partial charge is 0.481 e. The molecule has 0 spiro atoms. The highest BCUT2D eigenvalue weighted by atomic mass is 16.4. The van der Waals surface area contributed by atoms with E-state index in [1.807, 2.05) is 30.3 Å². The van der Waals surface area contributed by atoms with Crippen LogP contribution in [0, 0.1) is 11.3 Å². The number of carbonyl (C=O) groups excluding carboxylic acids is 1. The topological polar surface area (TPSA) is 102 Å². The number of nitrogens with one attached hydrogen (secondary N) is 2. The van der Waals surface area contributed by atoms with Crippen LogP contribution in [-0.4, -0.2) is 23.5 Å². The van der Waals surface area contributed by atoms with Gasteiger partial charge in [-0.2, -0.15) is 5.26 Å². The second-order valence-corrected chi connectivity index (χ2v) is 5.11. The normalized spacial score (nSPS) is 12.1. The van der Waals surface area contributed by atoms with Gasteiger partial charge in [-0.1, -0.05) is 32.0 Å². The van der Waals surface area contributed by atoms with E-state index in [-0.39, 0.29) is 18.5 Å². The Morgan fingerprint density at radius 2 is 2.09 bits per heavy atom. The first-order valence-corrected chi connectivity index (χ1v) is 7.45. The van der Waals surface area contributed by atoms with Gasteiger partial charge >= 0.3 is 5.97 Å². The molecule has 0 aliphatic heterocycles. The van der Waals surface area contributed by atoms with Crippen molar-refractivity contribution in [3.05, 3.63) is 41.6 Å². The molecule has 0 heterocycles. The van der Waals surface area contributed by atoms with Crippen molar-refractivity contribution in [2.75, 3.05) is 11.9 Å². The van der Waals surface area contributed by atoms with Crippen LogP contribution in [0.15, 0.2) is 36.0 Å². The maximum Gasteiger partial charge on any atom is 0.305 e. The summed E-state index contributed by atoms with van der Waals surface area (Å²) in [5.41, 5.74) is 1.84. The van der Waals surface area contributed by atoms with Crippen molar-refractivity contribution < 1.29 is 14.7 Å². The van der Waals surface area contributed by atoms with Crippen LogP contribution in [-0.2, 0) is 9.59 Å². The fraction of sp³-hybridized carbons (Fsp3) is 0.353. The van der Waals surface area contributed by atoms with Crippen LogP contribution in [0.5, 0.6) is 0 Å². The summed E-state index contributed by atoms with van der Waals surface area (Å²) in [5, 5.41) is 23.0. The lowest BCUT2D eigenvalue weighted by Crippen LogP contribution is -2.27. The van der Waals surface area contributed by atoms with E-state index < -0.39 is 11.9 Å². The fourth-order valence-corrected chi connectivity index (χ4v) is 1.95. The molecule has 0 aliphatic carbocycles. The molecule has 1 aromatic carbocycles. The van der Waals surface area contributed by atoms with Crippen LogP contribution < -0.4 is 10.6 Å². The Morgan fingerprint density at radius 3 is 2.70 bits per heavy atom. The molecule has 0 radical (unpaired) electrons. The Balaban J connectivity index is 2.79. The number of carboxylic acids is 1. The average Bonchev–Trinajstić information content (AvgIpc) is 2.54. The Kier molecular flexibility index (Phi) is 7.34. The SMILES string of the molecule is CCC(C)c1ccccc1N/C=C(/C#N)C(=O)NCCC(=O)O. The summed E-state index contributed by atoms with van der Waals surface area (Å²) in [7, 11) is 0. The van der Waals surface area contributed by atoms with Gasteiger partial charge in [0.15, 0.2) is 0 Å². The third-order valence-electron chi connectivity index (χ3n) is 3.47. The summed E-state index contributed by atoms with van der Waals surface area (Å²) in [5.74, 6) is -1.25. The lowest BCUT2D eigenvalue weighted by Gasteiger charge is -2.14. The number of rotatable bonds is 8. The third kappa shape index (κ3) is 5.83. The number of nitriles is 1. The van der Waals surface area contributed by atoms with Crippen LogP contribution >= 0.6 is 0 Å². The van der Waals surface area contributed by atoms with Gasteiger partial charge in [-0.25, -0.2) is 0 Å². The van der Waals surface area contributed by atoms with Crippen molar-refractivity contribution in [2.45, 2.75) is 32.6 Å². The summed E-state index contributed by atoms with van der Waals surface area (Å²) in [6.45, 7) is 4.18. The van der Waals surface area contributed by atoms with Gasteiger partial charge in [0.25, 0.3) is 5.91 Å². The zero-order valence-electron chi connectivity index (χ0n) is 13.3. The molecule has 0 fully saturated rings. The Morgan fingerprint density at radius 1 is 1.39 bits per heavy atom. The van der Waals surface area contributed by atoms with Crippen molar-refractivity contribution in [2.24, 2.45) is 0 Å². The number of aliphatic carboxylic acids is 1. The fourth-order valence-electron chi connectivity index (χ4n) is 1.95. The van der Waals surface area contributed by atoms with Gasteiger partial charge < -0.3 is 15.7 Å². The molecule has 1 atom stereocenters. The highest BCUT2D eigenvalue weighted by Crippen LogP contribution is 2.26. The van der Waals surface area contributed by atoms with Gasteiger partial charge in [0.1, 0.15) is 11.6 Å². The first-order chi connectivity index (χ1) is 11.0. The molecule has 0 saturated carbocycles. The van der Waals surface area contributed by atoms with Crippen LogP contribution in [0.3, 0.4) is 0 Å². The standard InChI is InChI=1S/C17H21N3O3/c1-3-12(2)14-6-4-5-7-15(14)20-11-13(10-18)17(23)19-9-8-16(21)22/h4-7,11-12,20H,3,8-9H2,1-2H3,(H,19,23)(H,21,22)/b13-11-. The highest BCUT2D eigenvalue weighted by molar-refractivity contribution is 5.97. The molecule has 122 valence electrons. The van der Waals surface area contributed by atoms with Gasteiger partial charge in [-0.15, -0.1) is 0 Å². The smallest absolute Gasteiger partial charge is 0.305 e. The maximum absolute atomic E-state index is 11.8. The van der Waals surface area contributed by atoms with E-state index >= 15 is 0 Å². The summed E-state index contributed by atoms with van der Waals surface area (Å²) in [4.78, 5) is 22.2. The molecule has 0 saturated heterocycles. The van der Waals surface area contributed by atoms with E-state index in [4.69, 9.17) is 10.4 Å². The molecule has 1 amide bonds. The van der Waals surface area contributed by atoms with E-state index in [1.54, 1.807) is 0 Å². The molecule has 3 N–H and O–H groups in total. The molecular weight excluding hydrogens is 294 g/mol. The molecule has 1 unspecified atom stereocenters. The molecule has 23 heavy (non-hydrogen) atoms. The van der Waals surface area contributed by atoms with E-state index in [0.29, 0.717) is 5.92 Å². The van der Waals surface area contributed by atoms with Crippen LogP contribution in [0.1, 0.15) is 38.2 Å². The van der Waals surface area contributed by atoms with Crippen molar-refractivity contribution in [1.29, 1.82) is 5.26 Å². The molecule has 6 nitrogen and oxygen atoms in total. The highest BCUT2D eigenvalue weighted by Gasteiger charge is 2.11. The summed E-state index contributed by atoms with van der Waals surface area (Å²) in [6, 6.07) is 9.52.